The van der Waals surface area contributed by atoms with Gasteiger partial charge in [0.25, 0.3) is 5.91 Å². The van der Waals surface area contributed by atoms with Gasteiger partial charge in [0.1, 0.15) is 6.10 Å². The van der Waals surface area contributed by atoms with Gasteiger partial charge in [0.2, 0.25) is 11.6 Å². The van der Waals surface area contributed by atoms with E-state index in [2.05, 4.69) is 5.32 Å². The van der Waals surface area contributed by atoms with E-state index in [1.165, 1.54) is 34.3 Å². The SMILES string of the molecule is COC1=C2C(=O)C(=CC1=O)NC(=O)/C(C)=C/C=C\[C@H](OC)[C@@H](OC(N)=O)/C(C)=C/[C@H](C)[C@@H](OC)[C@@H](OC)C[C@H](C)[C@H]2OC. The van der Waals surface area contributed by atoms with Gasteiger partial charge < -0.3 is 39.5 Å². The lowest BCUT2D eigenvalue weighted by molar-refractivity contribution is -0.122. The monoisotopic (exact) mass is 604 g/mol. The standard InChI is InChI=1S/C31H44N2O10/c1-16-11-10-12-22(38-5)27(43-31(32)37)18(3)13-17(2)26(40-7)23(39-6)14-19(4)28(41-8)24-25(35)20(33-30(16)36)15-21(34)29(24)42-9/h10-13,15,17,19,22-23,26-28H,14H2,1-9H3,(H2,32,37)(H,33,36)/b12-10-,16-11+,18-13+/t17-,19-,22-,23-,26+,27-,28+/m0/s1. The fourth-order valence-electron chi connectivity index (χ4n) is 5.46. The molecule has 0 spiro atoms. The summed E-state index contributed by atoms with van der Waals surface area (Å²) >= 11 is 0. The Kier molecular flexibility index (Phi) is 13.5. The highest BCUT2D eigenvalue weighted by molar-refractivity contribution is 6.23. The number of carbonyl (C=O) groups is 4. The van der Waals surface area contributed by atoms with E-state index in [1.807, 2.05) is 19.9 Å². The van der Waals surface area contributed by atoms with E-state index in [1.54, 1.807) is 33.3 Å². The van der Waals surface area contributed by atoms with E-state index in [0.717, 1.165) is 6.08 Å². The molecule has 0 aromatic carbocycles. The Hall–Kier alpha value is -3.58. The number of nitrogens with one attached hydrogen (secondary N) is 1. The van der Waals surface area contributed by atoms with Gasteiger partial charge in [0.15, 0.2) is 11.9 Å². The molecule has 3 N–H and O–H groups in total. The number of rotatable bonds is 6. The Morgan fingerprint density at radius 1 is 0.953 bits per heavy atom. The fraction of sp³-hybridized carbons (Fsp3) is 0.548. The second kappa shape index (κ2) is 16.3. The molecule has 1 aliphatic carbocycles. The van der Waals surface area contributed by atoms with Crippen molar-refractivity contribution in [2.45, 2.75) is 64.6 Å². The second-order valence-electron chi connectivity index (χ2n) is 10.6. The molecule has 0 fully saturated rings. The van der Waals surface area contributed by atoms with Gasteiger partial charge in [0.05, 0.1) is 36.7 Å². The number of Topliss-reactive ketones (excluding diaryl/α,β-unsaturated/α-hetero) is 1. The summed E-state index contributed by atoms with van der Waals surface area (Å²) in [5.74, 6) is -2.57. The lowest BCUT2D eigenvalue weighted by atomic mass is 9.83. The van der Waals surface area contributed by atoms with Gasteiger partial charge in [-0.2, -0.15) is 0 Å². The van der Waals surface area contributed by atoms with Crippen molar-refractivity contribution in [1.82, 2.24) is 5.32 Å². The smallest absolute Gasteiger partial charge is 0.405 e. The summed E-state index contributed by atoms with van der Waals surface area (Å²) in [4.78, 5) is 51.5. The molecular weight excluding hydrogens is 560 g/mol. The van der Waals surface area contributed by atoms with E-state index in [4.69, 9.17) is 34.2 Å². The number of fused-ring (bicyclic) bond motifs is 2. The third kappa shape index (κ3) is 8.73. The fourth-order valence-corrected chi connectivity index (χ4v) is 5.46. The molecule has 2 bridgehead atoms. The van der Waals surface area contributed by atoms with Gasteiger partial charge in [-0.05, 0) is 31.8 Å². The predicted octanol–water partition coefficient (Wildman–Crippen LogP) is 2.69. The van der Waals surface area contributed by atoms with E-state index in [0.29, 0.717) is 12.0 Å². The van der Waals surface area contributed by atoms with Crippen molar-refractivity contribution in [3.05, 3.63) is 58.6 Å². The van der Waals surface area contributed by atoms with E-state index < -0.39 is 54.1 Å². The lowest BCUT2D eigenvalue weighted by Gasteiger charge is -2.34. The van der Waals surface area contributed by atoms with Gasteiger partial charge in [-0.15, -0.1) is 0 Å². The molecular formula is C31H44N2O10. The number of methoxy groups -OCH3 is 5. The Morgan fingerprint density at radius 3 is 2.16 bits per heavy atom. The van der Waals surface area contributed by atoms with Crippen LogP contribution in [-0.2, 0) is 42.8 Å². The molecule has 0 radical (unpaired) electrons. The number of nitrogens with two attached hydrogens (primary N) is 1. The number of ketones is 2. The second-order valence-corrected chi connectivity index (χ2v) is 10.6. The summed E-state index contributed by atoms with van der Waals surface area (Å²) in [5, 5.41) is 2.54. The lowest BCUT2D eigenvalue weighted by Crippen LogP contribution is -2.42. The molecule has 0 saturated heterocycles. The maximum atomic E-state index is 13.7. The average Bonchev–Trinajstić information content (AvgIpc) is 2.95. The first-order valence-electron chi connectivity index (χ1n) is 13.9. The molecule has 2 amide bonds. The Bertz CT molecular complexity index is 1210. The van der Waals surface area contributed by atoms with Gasteiger partial charge in [-0.1, -0.05) is 38.2 Å². The molecule has 238 valence electrons. The summed E-state index contributed by atoms with van der Waals surface area (Å²) in [7, 11) is 7.29. The van der Waals surface area contributed by atoms with E-state index >= 15 is 0 Å². The predicted molar refractivity (Wildman–Crippen MR) is 158 cm³/mol. The highest BCUT2D eigenvalue weighted by atomic mass is 16.6. The van der Waals surface area contributed by atoms with Crippen molar-refractivity contribution in [3.63, 3.8) is 0 Å². The largest absolute Gasteiger partial charge is 0.492 e. The van der Waals surface area contributed by atoms with Crippen molar-refractivity contribution < 1.29 is 47.6 Å². The first kappa shape index (κ1) is 35.6. The highest BCUT2D eigenvalue weighted by Gasteiger charge is 2.40. The zero-order valence-electron chi connectivity index (χ0n) is 26.3. The molecule has 0 aromatic heterocycles. The first-order chi connectivity index (χ1) is 20.3. The number of amides is 2. The number of hydrogen-bond donors (Lipinski definition) is 2. The quantitative estimate of drug-likeness (QED) is 0.341. The Morgan fingerprint density at radius 2 is 1.63 bits per heavy atom. The number of ether oxygens (including phenoxy) is 6. The highest BCUT2D eigenvalue weighted by Crippen LogP contribution is 2.32. The van der Waals surface area contributed by atoms with Gasteiger partial charge in [0, 0.05) is 46.0 Å². The zero-order chi connectivity index (χ0) is 32.4. The van der Waals surface area contributed by atoms with Crippen LogP contribution in [-0.4, -0.2) is 89.6 Å². The minimum atomic E-state index is -0.980. The number of primary amides is 1. The van der Waals surface area contributed by atoms with Gasteiger partial charge in [-0.25, -0.2) is 4.79 Å². The van der Waals surface area contributed by atoms with Crippen LogP contribution < -0.4 is 11.1 Å². The van der Waals surface area contributed by atoms with Crippen LogP contribution in [0, 0.1) is 11.8 Å². The molecule has 1 heterocycles. The van der Waals surface area contributed by atoms with Crippen molar-refractivity contribution >= 4 is 23.6 Å². The van der Waals surface area contributed by atoms with Crippen LogP contribution >= 0.6 is 0 Å². The van der Waals surface area contributed by atoms with Gasteiger partial charge >= 0.3 is 6.09 Å². The van der Waals surface area contributed by atoms with Gasteiger partial charge in [-0.3, -0.25) is 14.4 Å². The maximum absolute atomic E-state index is 13.7. The Labute approximate surface area is 252 Å². The number of hydrogen-bond acceptors (Lipinski definition) is 10. The number of allylic oxidation sites excluding steroid dienone is 4. The molecule has 0 unspecified atom stereocenters. The molecule has 12 heteroatoms. The van der Waals surface area contributed by atoms with Crippen LogP contribution in [0.25, 0.3) is 0 Å². The van der Waals surface area contributed by atoms with Crippen LogP contribution in [0.1, 0.15) is 34.1 Å². The average molecular weight is 605 g/mol. The summed E-state index contributed by atoms with van der Waals surface area (Å²) in [6.07, 6.45) is 3.47. The normalized spacial score (nSPS) is 33.0. The third-order valence-electron chi connectivity index (χ3n) is 7.60. The molecule has 0 saturated carbocycles. The zero-order valence-corrected chi connectivity index (χ0v) is 26.3. The van der Waals surface area contributed by atoms with Crippen LogP contribution in [0.3, 0.4) is 0 Å². The summed E-state index contributed by atoms with van der Waals surface area (Å²) < 4.78 is 33.9. The maximum Gasteiger partial charge on any atom is 0.405 e. The molecule has 1 aliphatic heterocycles. The van der Waals surface area contributed by atoms with Crippen LogP contribution in [0.4, 0.5) is 4.79 Å². The molecule has 7 atom stereocenters. The molecule has 2 aliphatic rings. The summed E-state index contributed by atoms with van der Waals surface area (Å²) in [6.45, 7) is 7.11. The van der Waals surface area contributed by atoms with Crippen LogP contribution in [0.15, 0.2) is 58.6 Å². The number of carbonyl (C=O) groups excluding carboxylic acids is 4. The first-order valence-corrected chi connectivity index (χ1v) is 13.9. The topological polar surface area (TPSA) is 162 Å². The van der Waals surface area contributed by atoms with E-state index in [9.17, 15) is 19.2 Å². The molecule has 43 heavy (non-hydrogen) atoms. The van der Waals surface area contributed by atoms with Crippen molar-refractivity contribution in [2.75, 3.05) is 35.5 Å². The minimum absolute atomic E-state index is 0.00160. The Balaban J connectivity index is 2.73. The van der Waals surface area contributed by atoms with Crippen molar-refractivity contribution in [1.29, 1.82) is 0 Å². The van der Waals surface area contributed by atoms with Crippen molar-refractivity contribution in [2.24, 2.45) is 17.6 Å². The summed E-state index contributed by atoms with van der Waals surface area (Å²) in [5.41, 5.74) is 6.06. The third-order valence-corrected chi connectivity index (χ3v) is 7.60. The van der Waals surface area contributed by atoms with Crippen LogP contribution in [0.2, 0.25) is 0 Å². The molecule has 12 nitrogen and oxygen atoms in total. The molecule has 2 rings (SSSR count). The van der Waals surface area contributed by atoms with E-state index in [-0.39, 0.29) is 34.4 Å². The van der Waals surface area contributed by atoms with Crippen molar-refractivity contribution in [3.8, 4) is 0 Å². The molecule has 0 aromatic rings. The summed E-state index contributed by atoms with van der Waals surface area (Å²) in [6, 6.07) is 0. The minimum Gasteiger partial charge on any atom is -0.492 e. The van der Waals surface area contributed by atoms with Crippen LogP contribution in [0.5, 0.6) is 0 Å².